The van der Waals surface area contributed by atoms with E-state index in [-0.39, 0.29) is 5.82 Å². The van der Waals surface area contributed by atoms with Crippen molar-refractivity contribution in [2.45, 2.75) is 13.5 Å². The number of hydrogen-bond donors (Lipinski definition) is 1. The van der Waals surface area contributed by atoms with Crippen LogP contribution in [0.2, 0.25) is 10.0 Å². The zero-order valence-electron chi connectivity index (χ0n) is 11.2. The molecular formula is C15H13BrCl2FNO. The van der Waals surface area contributed by atoms with E-state index < -0.39 is 0 Å². The highest BCUT2D eigenvalue weighted by Gasteiger charge is 2.11. The predicted octanol–water partition coefficient (Wildman–Crippen LogP) is 5.91. The molecule has 0 spiro atoms. The van der Waals surface area contributed by atoms with Crippen LogP contribution >= 0.6 is 39.1 Å². The van der Waals surface area contributed by atoms with Crippen LogP contribution in [0.1, 0.15) is 12.5 Å². The van der Waals surface area contributed by atoms with Crippen molar-refractivity contribution in [3.8, 4) is 5.75 Å². The number of anilines is 1. The van der Waals surface area contributed by atoms with Gasteiger partial charge in [-0.3, -0.25) is 0 Å². The molecule has 2 nitrogen and oxygen atoms in total. The van der Waals surface area contributed by atoms with Gasteiger partial charge in [0.1, 0.15) is 5.82 Å². The SMILES string of the molecule is CCOc1c(Br)cc(Cl)cc1NCc1ccc(Cl)cc1F. The largest absolute Gasteiger partial charge is 0.491 e. The number of rotatable bonds is 5. The maximum atomic E-state index is 13.8. The minimum atomic E-state index is -0.353. The van der Waals surface area contributed by atoms with Crippen molar-refractivity contribution in [3.05, 3.63) is 56.2 Å². The molecule has 1 N–H and O–H groups in total. The Labute approximate surface area is 141 Å². The van der Waals surface area contributed by atoms with E-state index in [4.69, 9.17) is 27.9 Å². The molecule has 0 radical (unpaired) electrons. The first-order valence-electron chi connectivity index (χ1n) is 6.31. The number of halogens is 4. The predicted molar refractivity (Wildman–Crippen MR) is 89.1 cm³/mol. The fourth-order valence-electron chi connectivity index (χ4n) is 1.84. The van der Waals surface area contributed by atoms with Crippen LogP contribution in [0.15, 0.2) is 34.8 Å². The van der Waals surface area contributed by atoms with Gasteiger partial charge in [0, 0.05) is 22.2 Å². The van der Waals surface area contributed by atoms with Crippen LogP contribution in [-0.2, 0) is 6.54 Å². The minimum absolute atomic E-state index is 0.301. The molecule has 0 fully saturated rings. The Hall–Kier alpha value is -0.970. The van der Waals surface area contributed by atoms with Gasteiger partial charge in [-0.1, -0.05) is 29.3 Å². The van der Waals surface area contributed by atoms with Gasteiger partial charge in [-0.2, -0.15) is 0 Å². The summed E-state index contributed by atoms with van der Waals surface area (Å²) in [5.74, 6) is 0.297. The molecule has 0 aromatic heterocycles. The smallest absolute Gasteiger partial charge is 0.156 e. The van der Waals surface area contributed by atoms with Crippen LogP contribution in [0.3, 0.4) is 0 Å². The topological polar surface area (TPSA) is 21.3 Å². The molecule has 0 atom stereocenters. The Balaban J connectivity index is 2.22. The lowest BCUT2D eigenvalue weighted by Gasteiger charge is -2.15. The van der Waals surface area contributed by atoms with E-state index in [2.05, 4.69) is 21.2 Å². The van der Waals surface area contributed by atoms with Gasteiger partial charge >= 0.3 is 0 Å². The molecule has 0 saturated carbocycles. The summed E-state index contributed by atoms with van der Waals surface area (Å²) in [6.45, 7) is 2.71. The summed E-state index contributed by atoms with van der Waals surface area (Å²) < 4.78 is 20.1. The highest BCUT2D eigenvalue weighted by atomic mass is 79.9. The van der Waals surface area contributed by atoms with Gasteiger partial charge in [0.05, 0.1) is 16.8 Å². The van der Waals surface area contributed by atoms with E-state index in [1.165, 1.54) is 6.07 Å². The van der Waals surface area contributed by atoms with Crippen molar-refractivity contribution in [2.75, 3.05) is 11.9 Å². The van der Waals surface area contributed by atoms with Crippen molar-refractivity contribution >= 4 is 44.8 Å². The lowest BCUT2D eigenvalue weighted by molar-refractivity contribution is 0.339. The van der Waals surface area contributed by atoms with Crippen molar-refractivity contribution < 1.29 is 9.13 Å². The normalized spacial score (nSPS) is 10.5. The molecule has 112 valence electrons. The maximum absolute atomic E-state index is 13.8. The highest BCUT2D eigenvalue weighted by molar-refractivity contribution is 9.10. The average molecular weight is 393 g/mol. The van der Waals surface area contributed by atoms with E-state index in [9.17, 15) is 4.39 Å². The third-order valence-electron chi connectivity index (χ3n) is 2.78. The van der Waals surface area contributed by atoms with Crippen LogP contribution in [-0.4, -0.2) is 6.61 Å². The lowest BCUT2D eigenvalue weighted by Crippen LogP contribution is -2.05. The molecular weight excluding hydrogens is 380 g/mol. The van der Waals surface area contributed by atoms with E-state index >= 15 is 0 Å². The van der Waals surface area contributed by atoms with Gasteiger partial charge in [-0.15, -0.1) is 0 Å². The second kappa shape index (κ2) is 7.34. The van der Waals surface area contributed by atoms with Crippen molar-refractivity contribution in [1.29, 1.82) is 0 Å². The van der Waals surface area contributed by atoms with Gasteiger partial charge < -0.3 is 10.1 Å². The van der Waals surface area contributed by atoms with Crippen molar-refractivity contribution in [3.63, 3.8) is 0 Å². The molecule has 2 rings (SSSR count). The molecule has 6 heteroatoms. The van der Waals surface area contributed by atoms with Crippen LogP contribution in [0.4, 0.5) is 10.1 Å². The van der Waals surface area contributed by atoms with Gasteiger partial charge in [0.2, 0.25) is 0 Å². The lowest BCUT2D eigenvalue weighted by atomic mass is 10.2. The Kier molecular flexibility index (Phi) is 5.73. The second-order valence-corrected chi connectivity index (χ2v) is 6.01. The van der Waals surface area contributed by atoms with E-state index in [1.807, 2.05) is 6.92 Å². The number of benzene rings is 2. The second-order valence-electron chi connectivity index (χ2n) is 4.29. The molecule has 0 unspecified atom stereocenters. The molecule has 21 heavy (non-hydrogen) atoms. The fraction of sp³-hybridized carbons (Fsp3) is 0.200. The summed E-state index contributed by atoms with van der Waals surface area (Å²) in [6, 6.07) is 8.07. The molecule has 0 aliphatic rings. The van der Waals surface area contributed by atoms with Crippen LogP contribution in [0.5, 0.6) is 5.75 Å². The summed E-state index contributed by atoms with van der Waals surface area (Å²) in [6.07, 6.45) is 0. The van der Waals surface area contributed by atoms with Gasteiger partial charge in [0.15, 0.2) is 5.75 Å². The van der Waals surface area contributed by atoms with Crippen molar-refractivity contribution in [2.24, 2.45) is 0 Å². The minimum Gasteiger partial charge on any atom is -0.491 e. The molecule has 2 aromatic rings. The molecule has 0 aliphatic heterocycles. The number of nitrogens with one attached hydrogen (secondary N) is 1. The molecule has 0 aliphatic carbocycles. The zero-order chi connectivity index (χ0) is 15.4. The Morgan fingerprint density at radius 3 is 2.62 bits per heavy atom. The van der Waals surface area contributed by atoms with Gasteiger partial charge in [-0.05, 0) is 47.1 Å². The number of ether oxygens (including phenoxy) is 1. The van der Waals surface area contributed by atoms with Gasteiger partial charge in [0.25, 0.3) is 0 Å². The first-order chi connectivity index (χ1) is 10.0. The van der Waals surface area contributed by atoms with Crippen LogP contribution in [0, 0.1) is 5.82 Å². The molecule has 0 bridgehead atoms. The Bertz CT molecular complexity index is 652. The monoisotopic (exact) mass is 391 g/mol. The molecule has 0 amide bonds. The standard InChI is InChI=1S/C15H13BrCl2FNO/c1-2-21-15-12(16)5-11(18)7-14(15)20-8-9-3-4-10(17)6-13(9)19/h3-7,20H,2,8H2,1H3. The Morgan fingerprint density at radius 2 is 1.95 bits per heavy atom. The van der Waals surface area contributed by atoms with Crippen LogP contribution < -0.4 is 10.1 Å². The molecule has 0 saturated heterocycles. The van der Waals surface area contributed by atoms with E-state index in [0.717, 1.165) is 4.47 Å². The third kappa shape index (κ3) is 4.25. The third-order valence-corrected chi connectivity index (χ3v) is 3.82. The van der Waals surface area contributed by atoms with Crippen LogP contribution in [0.25, 0.3) is 0 Å². The maximum Gasteiger partial charge on any atom is 0.156 e. The van der Waals surface area contributed by atoms with E-state index in [0.29, 0.717) is 40.2 Å². The van der Waals surface area contributed by atoms with Crippen molar-refractivity contribution in [1.82, 2.24) is 0 Å². The highest BCUT2D eigenvalue weighted by Crippen LogP contribution is 2.37. The Morgan fingerprint density at radius 1 is 1.19 bits per heavy atom. The number of hydrogen-bond acceptors (Lipinski definition) is 2. The first kappa shape index (κ1) is 16.4. The van der Waals surface area contributed by atoms with E-state index in [1.54, 1.807) is 24.3 Å². The average Bonchev–Trinajstić information content (AvgIpc) is 2.41. The summed E-state index contributed by atoms with van der Waals surface area (Å²) in [4.78, 5) is 0. The summed E-state index contributed by atoms with van der Waals surface area (Å²) in [7, 11) is 0. The summed E-state index contributed by atoms with van der Waals surface area (Å²) in [5.41, 5.74) is 1.21. The first-order valence-corrected chi connectivity index (χ1v) is 7.85. The fourth-order valence-corrected chi connectivity index (χ4v) is 2.92. The summed E-state index contributed by atoms with van der Waals surface area (Å²) >= 11 is 15.2. The molecule has 0 heterocycles. The zero-order valence-corrected chi connectivity index (χ0v) is 14.3. The summed E-state index contributed by atoms with van der Waals surface area (Å²) in [5, 5.41) is 4.07. The van der Waals surface area contributed by atoms with Gasteiger partial charge in [-0.25, -0.2) is 4.39 Å². The molecule has 2 aromatic carbocycles. The quantitative estimate of drug-likeness (QED) is 0.683.